The van der Waals surface area contributed by atoms with Crippen LogP contribution in [-0.2, 0) is 14.3 Å². The number of carbonyl (C=O) groups is 1. The van der Waals surface area contributed by atoms with Gasteiger partial charge < -0.3 is 40.3 Å². The molecular formula is C69H119NO8. The van der Waals surface area contributed by atoms with E-state index in [0.29, 0.717) is 6.42 Å². The molecule has 1 rings (SSSR count). The molecule has 78 heavy (non-hydrogen) atoms. The lowest BCUT2D eigenvalue weighted by molar-refractivity contribution is -0.302. The van der Waals surface area contributed by atoms with Gasteiger partial charge in [-0.25, -0.2) is 0 Å². The molecule has 7 atom stereocenters. The Labute approximate surface area is 478 Å². The topological polar surface area (TPSA) is 149 Å². The third-order valence-corrected chi connectivity index (χ3v) is 14.6. The van der Waals surface area contributed by atoms with E-state index in [2.05, 4.69) is 116 Å². The highest BCUT2D eigenvalue weighted by Crippen LogP contribution is 2.23. The molecule has 7 unspecified atom stereocenters. The van der Waals surface area contributed by atoms with Crippen molar-refractivity contribution in [2.45, 2.75) is 307 Å². The lowest BCUT2D eigenvalue weighted by Gasteiger charge is -2.40. The van der Waals surface area contributed by atoms with E-state index in [4.69, 9.17) is 9.47 Å². The second kappa shape index (κ2) is 57.1. The van der Waals surface area contributed by atoms with E-state index in [1.165, 1.54) is 141 Å². The Kier molecular flexibility index (Phi) is 53.3. The Morgan fingerprint density at radius 3 is 1.18 bits per heavy atom. The second-order valence-electron chi connectivity index (χ2n) is 21.8. The van der Waals surface area contributed by atoms with Gasteiger partial charge >= 0.3 is 0 Å². The molecule has 1 aliphatic heterocycles. The molecule has 1 aliphatic rings. The maximum Gasteiger partial charge on any atom is 0.220 e. The van der Waals surface area contributed by atoms with Crippen LogP contribution in [0.3, 0.4) is 0 Å². The van der Waals surface area contributed by atoms with Crippen LogP contribution in [0.5, 0.6) is 0 Å². The minimum absolute atomic E-state index is 0.184. The SMILES string of the molecule is CC/C=C\C/C=C\C/C=C\C/C=C\C/C=C\C/C=C\C/C=C\C/C=C\CCCCCCCCCCCCC(=O)NC(COC1OC(CO)C(O)C(O)C1O)C(O)/C=C/CCCCCCCCCCCCCCCCCCCC. The van der Waals surface area contributed by atoms with Crippen LogP contribution in [0.25, 0.3) is 0 Å². The van der Waals surface area contributed by atoms with Gasteiger partial charge in [-0.1, -0.05) is 284 Å². The number of hydrogen-bond acceptors (Lipinski definition) is 8. The van der Waals surface area contributed by atoms with Gasteiger partial charge in [0.15, 0.2) is 6.29 Å². The fourth-order valence-corrected chi connectivity index (χ4v) is 9.59. The number of aliphatic hydroxyl groups is 5. The van der Waals surface area contributed by atoms with Crippen LogP contribution in [-0.4, -0.2) is 87.5 Å². The van der Waals surface area contributed by atoms with Gasteiger partial charge in [0.2, 0.25) is 5.91 Å². The number of carbonyl (C=O) groups excluding carboxylic acids is 1. The highest BCUT2D eigenvalue weighted by atomic mass is 16.7. The summed E-state index contributed by atoms with van der Waals surface area (Å²) < 4.78 is 11.3. The quantitative estimate of drug-likeness (QED) is 0.0261. The molecular weight excluding hydrogens is 971 g/mol. The summed E-state index contributed by atoms with van der Waals surface area (Å²) in [5, 5.41) is 54.6. The van der Waals surface area contributed by atoms with Crippen molar-refractivity contribution in [3.63, 3.8) is 0 Å². The zero-order chi connectivity index (χ0) is 56.5. The highest BCUT2D eigenvalue weighted by molar-refractivity contribution is 5.76. The summed E-state index contributed by atoms with van der Waals surface area (Å²) in [6.07, 6.45) is 77.3. The van der Waals surface area contributed by atoms with Gasteiger partial charge in [-0.15, -0.1) is 0 Å². The van der Waals surface area contributed by atoms with Crippen LogP contribution < -0.4 is 5.32 Å². The van der Waals surface area contributed by atoms with Crippen LogP contribution in [0.15, 0.2) is 109 Å². The zero-order valence-corrected chi connectivity index (χ0v) is 49.9. The lowest BCUT2D eigenvalue weighted by Crippen LogP contribution is -2.60. The van der Waals surface area contributed by atoms with Crippen molar-refractivity contribution < 1.29 is 39.8 Å². The minimum atomic E-state index is -1.57. The summed E-state index contributed by atoms with van der Waals surface area (Å²) in [7, 11) is 0. The molecule has 0 aromatic rings. The molecule has 1 fully saturated rings. The standard InChI is InChI=1S/C69H119NO8/c1-3-5-7-9-11-13-15-17-19-21-23-25-26-27-28-29-30-31-32-33-34-35-36-37-38-39-41-43-45-47-49-51-53-55-57-59-65(73)70-62(61-77-69-68(76)67(75)66(74)64(60-71)78-69)63(72)58-56-54-52-50-48-46-44-42-40-24-22-20-18-16-14-12-10-8-6-4-2/h5,7,11,13,17,19,23,25,27-28,30-31,33-34,36-37,56,58,62-64,66-69,71-72,74-76H,3-4,6,8-10,12,14-16,18,20-22,24,26,29,32,35,38-55,57,59-61H2,1-2H3,(H,70,73)/b7-5-,13-11-,19-17-,25-23-,28-27-,31-30-,34-33-,37-36-,58-56+. The van der Waals surface area contributed by atoms with Gasteiger partial charge in [0.25, 0.3) is 0 Å². The van der Waals surface area contributed by atoms with E-state index in [-0.39, 0.29) is 12.5 Å². The molecule has 9 heteroatoms. The number of unbranched alkanes of at least 4 members (excludes halogenated alkanes) is 28. The third-order valence-electron chi connectivity index (χ3n) is 14.6. The Balaban J connectivity index is 2.18. The molecule has 6 N–H and O–H groups in total. The number of aliphatic hydroxyl groups excluding tert-OH is 5. The van der Waals surface area contributed by atoms with Crippen molar-refractivity contribution in [3.8, 4) is 0 Å². The monoisotopic (exact) mass is 1090 g/mol. The van der Waals surface area contributed by atoms with Crippen LogP contribution in [0.4, 0.5) is 0 Å². The minimum Gasteiger partial charge on any atom is -0.394 e. The molecule has 448 valence electrons. The zero-order valence-electron chi connectivity index (χ0n) is 49.9. The van der Waals surface area contributed by atoms with E-state index in [9.17, 15) is 30.3 Å². The summed E-state index contributed by atoms with van der Waals surface area (Å²) in [6.45, 7) is 3.68. The number of allylic oxidation sites excluding steroid dienone is 17. The van der Waals surface area contributed by atoms with Gasteiger partial charge in [-0.2, -0.15) is 0 Å². The van der Waals surface area contributed by atoms with Gasteiger partial charge in [-0.3, -0.25) is 4.79 Å². The third kappa shape index (κ3) is 45.6. The first-order chi connectivity index (χ1) is 38.3. The Morgan fingerprint density at radius 1 is 0.449 bits per heavy atom. The molecule has 0 aliphatic carbocycles. The lowest BCUT2D eigenvalue weighted by atomic mass is 9.99. The van der Waals surface area contributed by atoms with E-state index >= 15 is 0 Å². The first kappa shape index (κ1) is 72.9. The van der Waals surface area contributed by atoms with Gasteiger partial charge in [0.05, 0.1) is 25.4 Å². The normalized spacial score (nSPS) is 19.4. The second-order valence-corrected chi connectivity index (χ2v) is 21.8. The Hall–Kier alpha value is -3.15. The first-order valence-electron chi connectivity index (χ1n) is 32.1. The number of amides is 1. The van der Waals surface area contributed by atoms with Gasteiger partial charge in [0.1, 0.15) is 24.4 Å². The molecule has 0 radical (unpaired) electrons. The molecule has 9 nitrogen and oxygen atoms in total. The summed E-state index contributed by atoms with van der Waals surface area (Å²) in [4.78, 5) is 13.1. The molecule has 0 spiro atoms. The molecule has 1 amide bonds. The predicted octanol–water partition coefficient (Wildman–Crippen LogP) is 16.9. The molecule has 0 bridgehead atoms. The fourth-order valence-electron chi connectivity index (χ4n) is 9.59. The van der Waals surface area contributed by atoms with Crippen LogP contribution in [0, 0.1) is 0 Å². The number of nitrogens with one attached hydrogen (secondary N) is 1. The Morgan fingerprint density at radius 2 is 0.795 bits per heavy atom. The van der Waals surface area contributed by atoms with E-state index in [1.807, 2.05) is 6.08 Å². The molecule has 0 aromatic heterocycles. The van der Waals surface area contributed by atoms with Crippen molar-refractivity contribution in [3.05, 3.63) is 109 Å². The van der Waals surface area contributed by atoms with Crippen LogP contribution >= 0.6 is 0 Å². The fraction of sp³-hybridized carbons (Fsp3) is 0.725. The number of rotatable bonds is 54. The van der Waals surface area contributed by atoms with E-state index < -0.39 is 49.5 Å². The highest BCUT2D eigenvalue weighted by Gasteiger charge is 2.44. The summed E-state index contributed by atoms with van der Waals surface area (Å²) in [5.41, 5.74) is 0. The predicted molar refractivity (Wildman–Crippen MR) is 331 cm³/mol. The average molecular weight is 1090 g/mol. The Bertz CT molecular complexity index is 1590. The van der Waals surface area contributed by atoms with E-state index in [1.54, 1.807) is 6.08 Å². The summed E-state index contributed by atoms with van der Waals surface area (Å²) in [6, 6.07) is -0.815. The van der Waals surface area contributed by atoms with Crippen molar-refractivity contribution in [1.82, 2.24) is 5.32 Å². The largest absolute Gasteiger partial charge is 0.394 e. The van der Waals surface area contributed by atoms with Gasteiger partial charge in [0, 0.05) is 6.42 Å². The van der Waals surface area contributed by atoms with Crippen LogP contribution in [0.2, 0.25) is 0 Å². The summed E-state index contributed by atoms with van der Waals surface area (Å²) >= 11 is 0. The van der Waals surface area contributed by atoms with Crippen molar-refractivity contribution in [2.24, 2.45) is 0 Å². The first-order valence-corrected chi connectivity index (χ1v) is 32.1. The van der Waals surface area contributed by atoms with Crippen LogP contribution in [0.1, 0.15) is 264 Å². The maximum absolute atomic E-state index is 13.1. The van der Waals surface area contributed by atoms with E-state index in [0.717, 1.165) is 103 Å². The molecule has 0 saturated carbocycles. The number of hydrogen-bond donors (Lipinski definition) is 6. The van der Waals surface area contributed by atoms with Crippen molar-refractivity contribution in [2.75, 3.05) is 13.2 Å². The van der Waals surface area contributed by atoms with Gasteiger partial charge in [-0.05, 0) is 83.5 Å². The number of ether oxygens (including phenoxy) is 2. The maximum atomic E-state index is 13.1. The van der Waals surface area contributed by atoms with Crippen molar-refractivity contribution >= 4 is 5.91 Å². The van der Waals surface area contributed by atoms with Crippen molar-refractivity contribution in [1.29, 1.82) is 0 Å². The average Bonchev–Trinajstić information content (AvgIpc) is 3.45. The molecule has 1 heterocycles. The molecule has 1 saturated heterocycles. The summed E-state index contributed by atoms with van der Waals surface area (Å²) in [5.74, 6) is -0.184. The molecule has 0 aromatic carbocycles. The smallest absolute Gasteiger partial charge is 0.220 e.